The number of rotatable bonds is 1. The molecule has 0 saturated heterocycles. The fourth-order valence-electron chi connectivity index (χ4n) is 2.23. The lowest BCUT2D eigenvalue weighted by molar-refractivity contribution is 0.248. The number of anilines is 1. The van der Waals surface area contributed by atoms with Crippen molar-refractivity contribution in [2.45, 2.75) is 13.0 Å². The van der Waals surface area contributed by atoms with Crippen LogP contribution in [0.15, 0.2) is 21.7 Å². The maximum Gasteiger partial charge on any atom is 0.329 e. The first-order valence-electron chi connectivity index (χ1n) is 5.94. The molecule has 3 N–H and O–H groups in total. The fraction of sp³-hybridized carbons (Fsp3) is 0.250. The Morgan fingerprint density at radius 1 is 1.25 bits per heavy atom. The van der Waals surface area contributed by atoms with Gasteiger partial charge in [-0.25, -0.2) is 9.59 Å². The number of carbonyl (C=O) groups is 1. The van der Waals surface area contributed by atoms with Gasteiger partial charge in [0.2, 0.25) is 0 Å². The van der Waals surface area contributed by atoms with Crippen LogP contribution in [-0.2, 0) is 7.05 Å². The first kappa shape index (κ1) is 12.7. The number of aryl methyl sites for hydroxylation is 1. The Kier molecular flexibility index (Phi) is 2.75. The van der Waals surface area contributed by atoms with Crippen molar-refractivity contribution >= 4 is 23.2 Å². The third kappa shape index (κ3) is 1.85. The second-order valence-corrected chi connectivity index (χ2v) is 5.88. The van der Waals surface area contributed by atoms with Gasteiger partial charge in [0.25, 0.3) is 5.56 Å². The van der Waals surface area contributed by atoms with Crippen LogP contribution in [0.25, 0.3) is 0 Å². The van der Waals surface area contributed by atoms with Crippen LogP contribution in [0, 0.1) is 6.92 Å². The zero-order valence-corrected chi connectivity index (χ0v) is 11.6. The molecule has 0 bridgehead atoms. The van der Waals surface area contributed by atoms with E-state index in [0.29, 0.717) is 5.56 Å². The summed E-state index contributed by atoms with van der Waals surface area (Å²) in [6.45, 7) is 1.95. The molecule has 20 heavy (non-hydrogen) atoms. The van der Waals surface area contributed by atoms with Crippen molar-refractivity contribution in [3.8, 4) is 0 Å². The van der Waals surface area contributed by atoms with Crippen molar-refractivity contribution in [3.05, 3.63) is 48.3 Å². The van der Waals surface area contributed by atoms with E-state index in [-0.39, 0.29) is 5.82 Å². The van der Waals surface area contributed by atoms with Gasteiger partial charge in [-0.15, -0.1) is 11.3 Å². The largest absolute Gasteiger partial charge is 0.329 e. The van der Waals surface area contributed by atoms with Gasteiger partial charge in [0, 0.05) is 16.8 Å². The third-order valence-electron chi connectivity index (χ3n) is 3.20. The highest BCUT2D eigenvalue weighted by atomic mass is 32.1. The molecular formula is C12H12N4O3S. The van der Waals surface area contributed by atoms with E-state index in [4.69, 9.17) is 0 Å². The summed E-state index contributed by atoms with van der Waals surface area (Å²) in [7, 11) is 1.50. The summed E-state index contributed by atoms with van der Waals surface area (Å²) >= 11 is 1.50. The standard InChI is InChI=1S/C12H12N4O3S/c1-5-3-4-6(20-5)8-7-9(14-11(18)13-8)16(2)12(19)15-10(7)17/h3-4,8H,1-2H3,(H2,13,14,18)(H,15,17,19). The Hall–Kier alpha value is -2.35. The summed E-state index contributed by atoms with van der Waals surface area (Å²) in [6.07, 6.45) is 0. The molecule has 0 aliphatic carbocycles. The minimum Gasteiger partial charge on any atom is -0.326 e. The van der Waals surface area contributed by atoms with Gasteiger partial charge in [-0.05, 0) is 19.1 Å². The monoisotopic (exact) mass is 292 g/mol. The topological polar surface area (TPSA) is 96.0 Å². The smallest absolute Gasteiger partial charge is 0.326 e. The van der Waals surface area contributed by atoms with Gasteiger partial charge in [-0.3, -0.25) is 19.7 Å². The molecular weight excluding hydrogens is 280 g/mol. The maximum atomic E-state index is 12.1. The van der Waals surface area contributed by atoms with E-state index in [1.165, 1.54) is 23.0 Å². The van der Waals surface area contributed by atoms with Gasteiger partial charge in [0.05, 0.1) is 11.6 Å². The number of aromatic amines is 1. The number of nitrogens with zero attached hydrogens (tertiary/aromatic N) is 1. The molecule has 8 heteroatoms. The molecule has 0 saturated carbocycles. The number of urea groups is 1. The summed E-state index contributed by atoms with van der Waals surface area (Å²) in [6, 6.07) is 2.80. The highest BCUT2D eigenvalue weighted by Gasteiger charge is 2.31. The van der Waals surface area contributed by atoms with Gasteiger partial charge >= 0.3 is 11.7 Å². The van der Waals surface area contributed by atoms with Crippen LogP contribution in [0.5, 0.6) is 0 Å². The summed E-state index contributed by atoms with van der Waals surface area (Å²) in [4.78, 5) is 39.6. The molecule has 2 amide bonds. The molecule has 3 heterocycles. The number of carbonyl (C=O) groups excluding carboxylic acids is 1. The SMILES string of the molecule is Cc1ccc(C2NC(=O)Nc3c2c(=O)[nH]c(=O)n3C)s1. The molecule has 0 spiro atoms. The van der Waals surface area contributed by atoms with Crippen LogP contribution in [0.4, 0.5) is 10.6 Å². The highest BCUT2D eigenvalue weighted by molar-refractivity contribution is 7.12. The van der Waals surface area contributed by atoms with E-state index in [9.17, 15) is 14.4 Å². The summed E-state index contributed by atoms with van der Waals surface area (Å²) in [5.74, 6) is 0.235. The van der Waals surface area contributed by atoms with Crippen LogP contribution < -0.4 is 21.9 Å². The van der Waals surface area contributed by atoms with Crippen molar-refractivity contribution in [3.63, 3.8) is 0 Å². The van der Waals surface area contributed by atoms with Crippen LogP contribution in [0.1, 0.15) is 21.4 Å². The first-order valence-corrected chi connectivity index (χ1v) is 6.76. The van der Waals surface area contributed by atoms with Crippen molar-refractivity contribution < 1.29 is 4.79 Å². The summed E-state index contributed by atoms with van der Waals surface area (Å²) in [5.41, 5.74) is -0.711. The van der Waals surface area contributed by atoms with Crippen LogP contribution in [0.2, 0.25) is 0 Å². The Labute approximate surface area is 117 Å². The van der Waals surface area contributed by atoms with Gasteiger partial charge in [-0.1, -0.05) is 0 Å². The van der Waals surface area contributed by atoms with Crippen molar-refractivity contribution in [2.24, 2.45) is 7.05 Å². The lowest BCUT2D eigenvalue weighted by Crippen LogP contribution is -2.46. The molecule has 1 aliphatic heterocycles. The third-order valence-corrected chi connectivity index (χ3v) is 4.27. The van der Waals surface area contributed by atoms with Gasteiger partial charge in [0.15, 0.2) is 0 Å². The van der Waals surface area contributed by atoms with E-state index < -0.39 is 23.3 Å². The molecule has 1 aliphatic rings. The number of hydrogen-bond donors (Lipinski definition) is 3. The van der Waals surface area contributed by atoms with Crippen LogP contribution in [-0.4, -0.2) is 15.6 Å². The van der Waals surface area contributed by atoms with Crippen molar-refractivity contribution in [1.29, 1.82) is 0 Å². The predicted molar refractivity (Wildman–Crippen MR) is 75.4 cm³/mol. The van der Waals surface area contributed by atoms with Gasteiger partial charge in [-0.2, -0.15) is 0 Å². The first-order chi connectivity index (χ1) is 9.47. The molecule has 104 valence electrons. The van der Waals surface area contributed by atoms with Crippen molar-refractivity contribution in [2.75, 3.05) is 5.32 Å². The van der Waals surface area contributed by atoms with E-state index in [1.54, 1.807) is 0 Å². The lowest BCUT2D eigenvalue weighted by Gasteiger charge is -2.26. The highest BCUT2D eigenvalue weighted by Crippen LogP contribution is 2.31. The Morgan fingerprint density at radius 2 is 2.00 bits per heavy atom. The van der Waals surface area contributed by atoms with Crippen molar-refractivity contribution in [1.82, 2.24) is 14.9 Å². The molecule has 0 fully saturated rings. The van der Waals surface area contributed by atoms with Crippen LogP contribution >= 0.6 is 11.3 Å². The lowest BCUT2D eigenvalue weighted by atomic mass is 10.1. The number of thiophene rings is 1. The average molecular weight is 292 g/mol. The minimum absolute atomic E-state index is 0.235. The Bertz CT molecular complexity index is 817. The normalized spacial score (nSPS) is 17.3. The molecule has 2 aromatic heterocycles. The predicted octanol–water partition coefficient (Wildman–Crippen LogP) is 0.668. The summed E-state index contributed by atoms with van der Waals surface area (Å²) in [5, 5.41) is 5.23. The number of fused-ring (bicyclic) bond motifs is 1. The van der Waals surface area contributed by atoms with E-state index >= 15 is 0 Å². The average Bonchev–Trinajstić information content (AvgIpc) is 2.81. The molecule has 1 atom stereocenters. The number of amides is 2. The maximum absolute atomic E-state index is 12.1. The molecule has 1 unspecified atom stereocenters. The van der Waals surface area contributed by atoms with Crippen LogP contribution in [0.3, 0.4) is 0 Å². The number of hydrogen-bond acceptors (Lipinski definition) is 4. The molecule has 7 nitrogen and oxygen atoms in total. The van der Waals surface area contributed by atoms with E-state index in [0.717, 1.165) is 9.75 Å². The zero-order valence-electron chi connectivity index (χ0n) is 10.8. The fourth-order valence-corrected chi connectivity index (χ4v) is 3.16. The molecule has 2 aromatic rings. The Balaban J connectivity index is 2.27. The number of nitrogens with one attached hydrogen (secondary N) is 3. The van der Waals surface area contributed by atoms with Gasteiger partial charge < -0.3 is 5.32 Å². The molecule has 3 rings (SSSR count). The number of H-pyrrole nitrogens is 1. The van der Waals surface area contributed by atoms with Gasteiger partial charge in [0.1, 0.15) is 5.82 Å². The quantitative estimate of drug-likeness (QED) is 0.720. The summed E-state index contributed by atoms with van der Waals surface area (Å²) < 4.78 is 1.23. The van der Waals surface area contributed by atoms with E-state index in [2.05, 4.69) is 15.6 Å². The Morgan fingerprint density at radius 3 is 2.65 bits per heavy atom. The second-order valence-electron chi connectivity index (χ2n) is 4.56. The van der Waals surface area contributed by atoms with E-state index in [1.807, 2.05) is 19.1 Å². The zero-order chi connectivity index (χ0) is 14.4. The molecule has 0 radical (unpaired) electrons. The minimum atomic E-state index is -0.558. The molecule has 0 aromatic carbocycles. The second kappa shape index (κ2) is 4.34. The number of aromatic nitrogens is 2.